The van der Waals surface area contributed by atoms with Crippen molar-refractivity contribution in [2.45, 2.75) is 44.8 Å². The SMILES string of the molecule is NC(CC1CCCC1)c1ccccc1OC(F)F. The van der Waals surface area contributed by atoms with Crippen molar-refractivity contribution in [1.82, 2.24) is 0 Å². The molecule has 1 unspecified atom stereocenters. The first-order valence-electron chi connectivity index (χ1n) is 6.46. The number of nitrogens with two attached hydrogens (primary N) is 1. The van der Waals surface area contributed by atoms with Gasteiger partial charge in [-0.15, -0.1) is 0 Å². The Bertz CT molecular complexity index is 378. The number of hydrogen-bond acceptors (Lipinski definition) is 2. The number of benzene rings is 1. The number of alkyl halides is 2. The molecule has 1 aliphatic carbocycles. The molecule has 0 amide bonds. The molecule has 4 heteroatoms. The molecule has 1 aromatic rings. The largest absolute Gasteiger partial charge is 0.434 e. The Balaban J connectivity index is 2.05. The Hall–Kier alpha value is -1.16. The van der Waals surface area contributed by atoms with Crippen molar-refractivity contribution in [2.24, 2.45) is 11.7 Å². The summed E-state index contributed by atoms with van der Waals surface area (Å²) in [5, 5.41) is 0. The van der Waals surface area contributed by atoms with E-state index in [2.05, 4.69) is 4.74 Å². The Morgan fingerprint density at radius 1 is 1.22 bits per heavy atom. The van der Waals surface area contributed by atoms with Crippen LogP contribution in [0.1, 0.15) is 43.7 Å². The van der Waals surface area contributed by atoms with E-state index in [1.54, 1.807) is 18.2 Å². The summed E-state index contributed by atoms with van der Waals surface area (Å²) in [6.07, 6.45) is 5.76. The fourth-order valence-electron chi connectivity index (χ4n) is 2.72. The van der Waals surface area contributed by atoms with Gasteiger partial charge in [-0.1, -0.05) is 43.9 Å². The van der Waals surface area contributed by atoms with Gasteiger partial charge in [0.05, 0.1) is 0 Å². The highest BCUT2D eigenvalue weighted by atomic mass is 19.3. The second-order valence-corrected chi connectivity index (χ2v) is 4.91. The summed E-state index contributed by atoms with van der Waals surface area (Å²) in [4.78, 5) is 0. The molecule has 18 heavy (non-hydrogen) atoms. The van der Waals surface area contributed by atoms with Crippen molar-refractivity contribution in [3.63, 3.8) is 0 Å². The van der Waals surface area contributed by atoms with Crippen LogP contribution in [0.15, 0.2) is 24.3 Å². The number of halogens is 2. The Labute approximate surface area is 106 Å². The van der Waals surface area contributed by atoms with E-state index in [4.69, 9.17) is 5.73 Å². The smallest absolute Gasteiger partial charge is 0.387 e. The van der Waals surface area contributed by atoms with Gasteiger partial charge in [0.2, 0.25) is 0 Å². The molecule has 1 fully saturated rings. The van der Waals surface area contributed by atoms with Crippen LogP contribution in [0.25, 0.3) is 0 Å². The summed E-state index contributed by atoms with van der Waals surface area (Å²) in [5.74, 6) is 0.831. The third kappa shape index (κ3) is 3.42. The van der Waals surface area contributed by atoms with E-state index < -0.39 is 6.61 Å². The van der Waals surface area contributed by atoms with E-state index in [0.717, 1.165) is 6.42 Å². The third-order valence-electron chi connectivity index (χ3n) is 3.60. The number of hydrogen-bond donors (Lipinski definition) is 1. The Kier molecular flexibility index (Phi) is 4.53. The maximum Gasteiger partial charge on any atom is 0.387 e. The van der Waals surface area contributed by atoms with Crippen LogP contribution >= 0.6 is 0 Å². The zero-order chi connectivity index (χ0) is 13.0. The lowest BCUT2D eigenvalue weighted by Gasteiger charge is -2.19. The van der Waals surface area contributed by atoms with Crippen molar-refractivity contribution in [2.75, 3.05) is 0 Å². The predicted molar refractivity (Wildman–Crippen MR) is 66.6 cm³/mol. The summed E-state index contributed by atoms with van der Waals surface area (Å²) >= 11 is 0. The topological polar surface area (TPSA) is 35.2 Å². The minimum absolute atomic E-state index is 0.206. The van der Waals surface area contributed by atoms with Crippen molar-refractivity contribution < 1.29 is 13.5 Å². The predicted octanol–water partition coefficient (Wildman–Crippen LogP) is 3.87. The molecule has 0 spiro atoms. The summed E-state index contributed by atoms with van der Waals surface area (Å²) in [6, 6.07) is 6.60. The second kappa shape index (κ2) is 6.14. The van der Waals surface area contributed by atoms with Gasteiger partial charge < -0.3 is 10.5 Å². The van der Waals surface area contributed by atoms with Gasteiger partial charge in [0.25, 0.3) is 0 Å². The fourth-order valence-corrected chi connectivity index (χ4v) is 2.72. The van der Waals surface area contributed by atoms with Crippen LogP contribution in [-0.4, -0.2) is 6.61 Å². The van der Waals surface area contributed by atoms with Crippen molar-refractivity contribution in [3.05, 3.63) is 29.8 Å². The maximum absolute atomic E-state index is 12.3. The van der Waals surface area contributed by atoms with Crippen LogP contribution in [0.4, 0.5) is 8.78 Å². The van der Waals surface area contributed by atoms with Crippen molar-refractivity contribution in [1.29, 1.82) is 0 Å². The molecule has 0 aliphatic heterocycles. The van der Waals surface area contributed by atoms with Gasteiger partial charge in [0.15, 0.2) is 0 Å². The standard InChI is InChI=1S/C14H19F2NO/c15-14(16)18-13-8-4-3-7-11(13)12(17)9-10-5-1-2-6-10/h3-4,7-8,10,12,14H,1-2,5-6,9,17H2. The van der Waals surface area contributed by atoms with E-state index in [9.17, 15) is 8.78 Å². The van der Waals surface area contributed by atoms with Crippen LogP contribution in [0.3, 0.4) is 0 Å². The Morgan fingerprint density at radius 3 is 2.56 bits per heavy atom. The van der Waals surface area contributed by atoms with Gasteiger partial charge in [0, 0.05) is 11.6 Å². The molecule has 1 aromatic carbocycles. The highest BCUT2D eigenvalue weighted by Crippen LogP contribution is 2.34. The van der Waals surface area contributed by atoms with Crippen LogP contribution in [0.2, 0.25) is 0 Å². The highest BCUT2D eigenvalue weighted by Gasteiger charge is 2.21. The maximum atomic E-state index is 12.3. The lowest BCUT2D eigenvalue weighted by atomic mass is 9.94. The first-order chi connectivity index (χ1) is 8.66. The molecule has 2 N–H and O–H groups in total. The molecule has 1 saturated carbocycles. The van der Waals surface area contributed by atoms with Gasteiger partial charge in [-0.25, -0.2) is 0 Å². The van der Waals surface area contributed by atoms with Gasteiger partial charge in [-0.2, -0.15) is 8.78 Å². The van der Waals surface area contributed by atoms with Gasteiger partial charge in [0.1, 0.15) is 5.75 Å². The van der Waals surface area contributed by atoms with Gasteiger partial charge in [-0.05, 0) is 18.4 Å². The average molecular weight is 255 g/mol. The van der Waals surface area contributed by atoms with Crippen LogP contribution in [0.5, 0.6) is 5.75 Å². The quantitative estimate of drug-likeness (QED) is 0.866. The van der Waals surface area contributed by atoms with E-state index in [1.165, 1.54) is 25.7 Å². The lowest BCUT2D eigenvalue weighted by Crippen LogP contribution is -2.16. The minimum atomic E-state index is -2.80. The van der Waals surface area contributed by atoms with Crippen molar-refractivity contribution in [3.8, 4) is 5.75 Å². The van der Waals surface area contributed by atoms with Crippen molar-refractivity contribution >= 4 is 0 Å². The van der Waals surface area contributed by atoms with Crippen LogP contribution in [-0.2, 0) is 0 Å². The fraction of sp³-hybridized carbons (Fsp3) is 0.571. The zero-order valence-electron chi connectivity index (χ0n) is 10.3. The lowest BCUT2D eigenvalue weighted by molar-refractivity contribution is -0.0506. The second-order valence-electron chi connectivity index (χ2n) is 4.91. The van der Waals surface area contributed by atoms with Crippen LogP contribution < -0.4 is 10.5 Å². The summed E-state index contributed by atoms with van der Waals surface area (Å²) in [6.45, 7) is -2.80. The van der Waals surface area contributed by atoms with E-state index in [0.29, 0.717) is 11.5 Å². The highest BCUT2D eigenvalue weighted by molar-refractivity contribution is 5.35. The summed E-state index contributed by atoms with van der Waals surface area (Å²) < 4.78 is 29.1. The first-order valence-corrected chi connectivity index (χ1v) is 6.46. The molecular weight excluding hydrogens is 236 g/mol. The van der Waals surface area contributed by atoms with E-state index in [1.807, 2.05) is 6.07 Å². The molecule has 100 valence electrons. The molecular formula is C14H19F2NO. The number of ether oxygens (including phenoxy) is 1. The number of rotatable bonds is 5. The van der Waals surface area contributed by atoms with E-state index >= 15 is 0 Å². The molecule has 0 heterocycles. The first kappa shape index (κ1) is 13.3. The zero-order valence-corrected chi connectivity index (χ0v) is 10.3. The average Bonchev–Trinajstić information content (AvgIpc) is 2.81. The molecule has 2 nitrogen and oxygen atoms in total. The van der Waals surface area contributed by atoms with Gasteiger partial charge >= 0.3 is 6.61 Å². The third-order valence-corrected chi connectivity index (χ3v) is 3.60. The van der Waals surface area contributed by atoms with Crippen LogP contribution in [0, 0.1) is 5.92 Å². The molecule has 0 aromatic heterocycles. The number of para-hydroxylation sites is 1. The molecule has 0 bridgehead atoms. The molecule has 2 rings (SSSR count). The molecule has 0 radical (unpaired) electrons. The molecule has 0 saturated heterocycles. The normalized spacial score (nSPS) is 18.2. The molecule has 1 aliphatic rings. The Morgan fingerprint density at radius 2 is 1.89 bits per heavy atom. The minimum Gasteiger partial charge on any atom is -0.434 e. The summed E-state index contributed by atoms with van der Waals surface area (Å²) in [5.41, 5.74) is 6.81. The molecule has 1 atom stereocenters. The van der Waals surface area contributed by atoms with E-state index in [-0.39, 0.29) is 11.8 Å². The monoisotopic (exact) mass is 255 g/mol. The summed E-state index contributed by atoms with van der Waals surface area (Å²) in [7, 11) is 0. The van der Waals surface area contributed by atoms with Gasteiger partial charge in [-0.3, -0.25) is 0 Å².